The Morgan fingerprint density at radius 1 is 0.970 bits per heavy atom. The molecule has 0 spiro atoms. The fourth-order valence-corrected chi connectivity index (χ4v) is 3.79. The van der Waals surface area contributed by atoms with Crippen molar-refractivity contribution < 1.29 is 14.3 Å². The standard InChI is InChI=1S/C26H28N4O3/c31-25(21-12-15-30(16-13-21)26(32)29-22-8-2-1-3-9-22)28-18-20-7-6-11-24(17-20)33-19-23-10-4-5-14-27-23/h1-11,14,17,21H,12-13,15-16,18-19H2,(H,28,31)(H,29,32). The van der Waals surface area contributed by atoms with Gasteiger partial charge < -0.3 is 20.3 Å². The number of carbonyl (C=O) groups is 2. The van der Waals surface area contributed by atoms with Crippen LogP contribution < -0.4 is 15.4 Å². The predicted octanol–water partition coefficient (Wildman–Crippen LogP) is 4.22. The number of nitrogens with zero attached hydrogens (tertiary/aromatic N) is 2. The third kappa shape index (κ3) is 6.55. The number of anilines is 1. The topological polar surface area (TPSA) is 83.6 Å². The van der Waals surface area contributed by atoms with Gasteiger partial charge in [0.1, 0.15) is 12.4 Å². The Labute approximate surface area is 193 Å². The fraction of sp³-hybridized carbons (Fsp3) is 0.269. The molecule has 2 heterocycles. The first-order chi connectivity index (χ1) is 16.2. The molecule has 1 aliphatic rings. The van der Waals surface area contributed by atoms with Gasteiger partial charge in [-0.15, -0.1) is 0 Å². The minimum Gasteiger partial charge on any atom is -0.487 e. The summed E-state index contributed by atoms with van der Waals surface area (Å²) in [5, 5.41) is 5.93. The summed E-state index contributed by atoms with van der Waals surface area (Å²) in [7, 11) is 0. The van der Waals surface area contributed by atoms with Gasteiger partial charge in [0.2, 0.25) is 5.91 Å². The van der Waals surface area contributed by atoms with Crippen LogP contribution >= 0.6 is 0 Å². The molecular formula is C26H28N4O3. The monoisotopic (exact) mass is 444 g/mol. The zero-order chi connectivity index (χ0) is 22.9. The van der Waals surface area contributed by atoms with Crippen molar-refractivity contribution in [1.82, 2.24) is 15.2 Å². The lowest BCUT2D eigenvalue weighted by atomic mass is 9.96. The van der Waals surface area contributed by atoms with Crippen LogP contribution in [0.4, 0.5) is 10.5 Å². The minimum absolute atomic E-state index is 0.0259. The molecular weight excluding hydrogens is 416 g/mol. The van der Waals surface area contributed by atoms with E-state index in [2.05, 4.69) is 15.6 Å². The number of ether oxygens (including phenoxy) is 1. The third-order valence-electron chi connectivity index (χ3n) is 5.66. The van der Waals surface area contributed by atoms with Gasteiger partial charge in [-0.05, 0) is 54.8 Å². The van der Waals surface area contributed by atoms with Gasteiger partial charge in [-0.2, -0.15) is 0 Å². The average molecular weight is 445 g/mol. The van der Waals surface area contributed by atoms with Crippen molar-refractivity contribution in [2.24, 2.45) is 5.92 Å². The Bertz CT molecular complexity index is 1050. The second-order valence-electron chi connectivity index (χ2n) is 8.03. The van der Waals surface area contributed by atoms with Crippen molar-refractivity contribution in [3.8, 4) is 5.75 Å². The number of piperidine rings is 1. The summed E-state index contributed by atoms with van der Waals surface area (Å²) in [5.41, 5.74) is 2.61. The molecule has 7 heteroatoms. The highest BCUT2D eigenvalue weighted by Crippen LogP contribution is 2.19. The highest BCUT2D eigenvalue weighted by molar-refractivity contribution is 5.89. The Kier molecular flexibility index (Phi) is 7.53. The lowest BCUT2D eigenvalue weighted by Gasteiger charge is -2.31. The number of pyridine rings is 1. The van der Waals surface area contributed by atoms with Crippen LogP contribution in [0.1, 0.15) is 24.1 Å². The highest BCUT2D eigenvalue weighted by Gasteiger charge is 2.27. The van der Waals surface area contributed by atoms with Crippen LogP contribution in [-0.4, -0.2) is 34.9 Å². The molecule has 7 nitrogen and oxygen atoms in total. The maximum atomic E-state index is 12.7. The Morgan fingerprint density at radius 3 is 2.52 bits per heavy atom. The molecule has 4 rings (SSSR count). The van der Waals surface area contributed by atoms with E-state index >= 15 is 0 Å². The molecule has 33 heavy (non-hydrogen) atoms. The molecule has 1 saturated heterocycles. The number of benzene rings is 2. The van der Waals surface area contributed by atoms with E-state index in [0.29, 0.717) is 39.1 Å². The summed E-state index contributed by atoms with van der Waals surface area (Å²) >= 11 is 0. The summed E-state index contributed by atoms with van der Waals surface area (Å²) in [5.74, 6) is 0.678. The van der Waals surface area contributed by atoms with Gasteiger partial charge in [0, 0.05) is 37.4 Å². The fourth-order valence-electron chi connectivity index (χ4n) is 3.79. The van der Waals surface area contributed by atoms with Crippen LogP contribution in [0.2, 0.25) is 0 Å². The number of likely N-dealkylation sites (tertiary alicyclic amines) is 1. The number of aromatic nitrogens is 1. The van der Waals surface area contributed by atoms with Crippen molar-refractivity contribution in [2.75, 3.05) is 18.4 Å². The van der Waals surface area contributed by atoms with Gasteiger partial charge in [0.15, 0.2) is 0 Å². The quantitative estimate of drug-likeness (QED) is 0.572. The van der Waals surface area contributed by atoms with Gasteiger partial charge in [-0.25, -0.2) is 4.79 Å². The van der Waals surface area contributed by atoms with Crippen molar-refractivity contribution in [3.63, 3.8) is 0 Å². The maximum Gasteiger partial charge on any atom is 0.321 e. The molecule has 0 saturated carbocycles. The van der Waals surface area contributed by atoms with E-state index < -0.39 is 0 Å². The second-order valence-corrected chi connectivity index (χ2v) is 8.03. The van der Waals surface area contributed by atoms with E-state index in [-0.39, 0.29) is 17.9 Å². The van der Waals surface area contributed by atoms with Gasteiger partial charge in [0.05, 0.1) is 5.69 Å². The minimum atomic E-state index is -0.123. The van der Waals surface area contributed by atoms with Crippen molar-refractivity contribution in [3.05, 3.63) is 90.3 Å². The Balaban J connectivity index is 1.21. The number of amides is 3. The van der Waals surface area contributed by atoms with E-state index in [4.69, 9.17) is 4.74 Å². The van der Waals surface area contributed by atoms with E-state index in [1.54, 1.807) is 11.1 Å². The van der Waals surface area contributed by atoms with Crippen LogP contribution in [-0.2, 0) is 17.9 Å². The van der Waals surface area contributed by atoms with Crippen molar-refractivity contribution in [2.45, 2.75) is 26.0 Å². The summed E-state index contributed by atoms with van der Waals surface area (Å²) in [4.78, 5) is 31.1. The van der Waals surface area contributed by atoms with Crippen LogP contribution in [0, 0.1) is 5.92 Å². The molecule has 2 aromatic carbocycles. The van der Waals surface area contributed by atoms with E-state index in [1.807, 2.05) is 72.8 Å². The zero-order valence-corrected chi connectivity index (χ0v) is 18.4. The molecule has 0 bridgehead atoms. The zero-order valence-electron chi connectivity index (χ0n) is 18.4. The number of hydrogen-bond donors (Lipinski definition) is 2. The highest BCUT2D eigenvalue weighted by atomic mass is 16.5. The second kappa shape index (κ2) is 11.1. The summed E-state index contributed by atoms with van der Waals surface area (Å²) in [6.45, 7) is 1.96. The first-order valence-corrected chi connectivity index (χ1v) is 11.2. The molecule has 0 atom stereocenters. The van der Waals surface area contributed by atoms with Crippen LogP contribution in [0.25, 0.3) is 0 Å². The molecule has 0 radical (unpaired) electrons. The van der Waals surface area contributed by atoms with Crippen LogP contribution in [0.5, 0.6) is 5.75 Å². The lowest BCUT2D eigenvalue weighted by Crippen LogP contribution is -2.44. The van der Waals surface area contributed by atoms with Crippen molar-refractivity contribution in [1.29, 1.82) is 0 Å². The number of para-hydroxylation sites is 1. The largest absolute Gasteiger partial charge is 0.487 e. The van der Waals surface area contributed by atoms with E-state index in [9.17, 15) is 9.59 Å². The van der Waals surface area contributed by atoms with Crippen LogP contribution in [0.15, 0.2) is 79.0 Å². The van der Waals surface area contributed by atoms with Crippen molar-refractivity contribution >= 4 is 17.6 Å². The first-order valence-electron chi connectivity index (χ1n) is 11.2. The average Bonchev–Trinajstić information content (AvgIpc) is 2.87. The third-order valence-corrected chi connectivity index (χ3v) is 5.66. The van der Waals surface area contributed by atoms with E-state index in [1.165, 1.54) is 0 Å². The molecule has 1 fully saturated rings. The predicted molar refractivity (Wildman–Crippen MR) is 127 cm³/mol. The smallest absolute Gasteiger partial charge is 0.321 e. The number of urea groups is 1. The number of hydrogen-bond acceptors (Lipinski definition) is 4. The SMILES string of the molecule is O=C(NCc1cccc(OCc2ccccn2)c1)C1CCN(C(=O)Nc2ccccc2)CC1. The molecule has 3 amide bonds. The summed E-state index contributed by atoms with van der Waals surface area (Å²) in [6, 6.07) is 22.7. The Morgan fingerprint density at radius 2 is 1.76 bits per heavy atom. The summed E-state index contributed by atoms with van der Waals surface area (Å²) in [6.07, 6.45) is 3.05. The van der Waals surface area contributed by atoms with Gasteiger partial charge in [-0.3, -0.25) is 9.78 Å². The number of rotatable bonds is 7. The van der Waals surface area contributed by atoms with Crippen LogP contribution in [0.3, 0.4) is 0 Å². The molecule has 1 aromatic heterocycles. The summed E-state index contributed by atoms with van der Waals surface area (Å²) < 4.78 is 5.81. The lowest BCUT2D eigenvalue weighted by molar-refractivity contribution is -0.126. The van der Waals surface area contributed by atoms with E-state index in [0.717, 1.165) is 22.7 Å². The maximum absolute atomic E-state index is 12.7. The molecule has 1 aliphatic heterocycles. The van der Waals surface area contributed by atoms with Gasteiger partial charge in [0.25, 0.3) is 0 Å². The van der Waals surface area contributed by atoms with Gasteiger partial charge >= 0.3 is 6.03 Å². The molecule has 0 unspecified atom stereocenters. The molecule has 0 aliphatic carbocycles. The number of carbonyl (C=O) groups excluding carboxylic acids is 2. The normalized spacial score (nSPS) is 13.9. The number of nitrogens with one attached hydrogen (secondary N) is 2. The molecule has 170 valence electrons. The first kappa shape index (κ1) is 22.3. The molecule has 3 aromatic rings. The molecule has 2 N–H and O–H groups in total. The van der Waals surface area contributed by atoms with Gasteiger partial charge in [-0.1, -0.05) is 36.4 Å². The Hall–Kier alpha value is -3.87.